The lowest BCUT2D eigenvalue weighted by atomic mass is 9.85. The summed E-state index contributed by atoms with van der Waals surface area (Å²) in [7, 11) is 0. The van der Waals surface area contributed by atoms with E-state index in [9.17, 15) is 14.4 Å². The number of nitrogens with zero attached hydrogens (tertiary/aromatic N) is 3. The Morgan fingerprint density at radius 1 is 1.08 bits per heavy atom. The van der Waals surface area contributed by atoms with E-state index >= 15 is 4.39 Å². The molecule has 0 spiro atoms. The lowest BCUT2D eigenvalue weighted by Gasteiger charge is -2.40. The topological polar surface area (TPSA) is 82.2 Å². The van der Waals surface area contributed by atoms with Gasteiger partial charge in [0.05, 0.1) is 11.6 Å². The smallest absolute Gasteiger partial charge is 0.410 e. The van der Waals surface area contributed by atoms with Crippen molar-refractivity contribution >= 4 is 23.6 Å². The van der Waals surface area contributed by atoms with Crippen molar-refractivity contribution in [1.82, 2.24) is 15.1 Å². The molecule has 1 N–H and O–H groups in total. The van der Waals surface area contributed by atoms with Gasteiger partial charge in [-0.05, 0) is 69.6 Å². The molecule has 1 aromatic rings. The maximum Gasteiger partial charge on any atom is 0.410 e. The number of hydrogen-bond donors (Lipinski definition) is 1. The monoisotopic (exact) mass is 516 g/mol. The first-order chi connectivity index (χ1) is 17.5. The largest absolute Gasteiger partial charge is 0.444 e. The molecule has 37 heavy (non-hydrogen) atoms. The van der Waals surface area contributed by atoms with Gasteiger partial charge in [-0.2, -0.15) is 0 Å². The summed E-state index contributed by atoms with van der Waals surface area (Å²) in [6.45, 7) is 13.7. The molecular weight excluding hydrogens is 475 g/mol. The maximum absolute atomic E-state index is 15.0. The second-order valence-corrected chi connectivity index (χ2v) is 11.8. The number of nitrogens with one attached hydrogen (secondary N) is 1. The third-order valence-electron chi connectivity index (χ3n) is 7.87. The molecule has 2 atom stereocenters. The fraction of sp³-hybridized carbons (Fsp3) is 0.679. The van der Waals surface area contributed by atoms with Gasteiger partial charge in [0.1, 0.15) is 11.4 Å². The van der Waals surface area contributed by atoms with Crippen LogP contribution in [-0.2, 0) is 14.3 Å². The first-order valence-electron chi connectivity index (χ1n) is 13.6. The number of ether oxygens (including phenoxy) is 1. The molecule has 0 aliphatic carbocycles. The van der Waals surface area contributed by atoms with Crippen LogP contribution < -0.4 is 10.2 Å². The third-order valence-corrected chi connectivity index (χ3v) is 7.87. The SMILES string of the molecule is C[C@H](CN1CCN(c2ccc(C3CCC(=O)NC3=O)cc2F)CC1)C1CCN(C(=O)OC(C)(C)C)CC1. The van der Waals surface area contributed by atoms with E-state index in [4.69, 9.17) is 4.74 Å². The summed E-state index contributed by atoms with van der Waals surface area (Å²) in [5.41, 5.74) is 0.719. The molecule has 3 fully saturated rings. The minimum absolute atomic E-state index is 0.216. The van der Waals surface area contributed by atoms with Gasteiger partial charge in [0.15, 0.2) is 0 Å². The van der Waals surface area contributed by atoms with Crippen LogP contribution in [0, 0.1) is 17.7 Å². The summed E-state index contributed by atoms with van der Waals surface area (Å²) in [5, 5.41) is 2.35. The number of piperazine rings is 1. The van der Waals surface area contributed by atoms with E-state index in [0.29, 0.717) is 29.5 Å². The van der Waals surface area contributed by atoms with Gasteiger partial charge in [-0.25, -0.2) is 9.18 Å². The molecule has 3 amide bonds. The second-order valence-electron chi connectivity index (χ2n) is 11.8. The highest BCUT2D eigenvalue weighted by molar-refractivity contribution is 6.00. The number of carbonyl (C=O) groups is 3. The average molecular weight is 517 g/mol. The maximum atomic E-state index is 15.0. The standard InChI is InChI=1S/C28H41FN4O4/c1-19(20-9-11-33(12-10-20)27(36)37-28(2,3)4)18-31-13-15-32(16-14-31)24-7-5-21(17-23(24)29)22-6-8-25(34)30-26(22)35/h5,7,17,19-20,22H,6,8-16,18H2,1-4H3,(H,30,34,35)/t19-,22?/m1/s1. The first-order valence-corrected chi connectivity index (χ1v) is 13.6. The molecule has 3 saturated heterocycles. The lowest BCUT2D eigenvalue weighted by molar-refractivity contribution is -0.134. The van der Waals surface area contributed by atoms with Gasteiger partial charge in [-0.3, -0.25) is 19.8 Å². The van der Waals surface area contributed by atoms with Gasteiger partial charge in [0.2, 0.25) is 11.8 Å². The van der Waals surface area contributed by atoms with Crippen molar-refractivity contribution in [1.29, 1.82) is 0 Å². The van der Waals surface area contributed by atoms with Crippen LogP contribution in [0.5, 0.6) is 0 Å². The molecule has 3 aliphatic rings. The van der Waals surface area contributed by atoms with Crippen molar-refractivity contribution in [2.75, 3.05) is 50.7 Å². The number of amides is 3. The van der Waals surface area contributed by atoms with Gasteiger partial charge in [-0.1, -0.05) is 13.0 Å². The van der Waals surface area contributed by atoms with E-state index in [1.54, 1.807) is 6.07 Å². The van der Waals surface area contributed by atoms with E-state index in [1.165, 1.54) is 6.07 Å². The van der Waals surface area contributed by atoms with Crippen molar-refractivity contribution in [3.63, 3.8) is 0 Å². The predicted octanol–water partition coefficient (Wildman–Crippen LogP) is 3.75. The Labute approximate surface area is 219 Å². The molecule has 9 heteroatoms. The molecule has 0 bridgehead atoms. The van der Waals surface area contributed by atoms with E-state index < -0.39 is 11.5 Å². The van der Waals surface area contributed by atoms with Gasteiger partial charge < -0.3 is 14.5 Å². The van der Waals surface area contributed by atoms with E-state index in [0.717, 1.165) is 58.7 Å². The zero-order chi connectivity index (χ0) is 26.7. The molecule has 0 saturated carbocycles. The Morgan fingerprint density at radius 3 is 2.35 bits per heavy atom. The Hall–Kier alpha value is -2.68. The average Bonchev–Trinajstić information content (AvgIpc) is 2.84. The highest BCUT2D eigenvalue weighted by Gasteiger charge is 2.31. The summed E-state index contributed by atoms with van der Waals surface area (Å²) in [6, 6.07) is 5.04. The number of benzene rings is 1. The number of rotatable bonds is 5. The zero-order valence-electron chi connectivity index (χ0n) is 22.6. The molecule has 8 nitrogen and oxygen atoms in total. The van der Waals surface area contributed by atoms with Gasteiger partial charge in [0.25, 0.3) is 0 Å². The van der Waals surface area contributed by atoms with Gasteiger partial charge in [-0.15, -0.1) is 0 Å². The van der Waals surface area contributed by atoms with Gasteiger partial charge >= 0.3 is 6.09 Å². The number of likely N-dealkylation sites (tertiary alicyclic amines) is 1. The van der Waals surface area contributed by atoms with Crippen LogP contribution in [0.4, 0.5) is 14.9 Å². The van der Waals surface area contributed by atoms with E-state index in [2.05, 4.69) is 22.0 Å². The Bertz CT molecular complexity index is 994. The number of piperidine rings is 2. The van der Waals surface area contributed by atoms with Crippen LogP contribution in [0.2, 0.25) is 0 Å². The number of hydrogen-bond acceptors (Lipinski definition) is 6. The van der Waals surface area contributed by atoms with Crippen molar-refractivity contribution in [2.24, 2.45) is 11.8 Å². The molecule has 1 aromatic carbocycles. The summed E-state index contributed by atoms with van der Waals surface area (Å²) in [5.74, 6) is -0.305. The Kier molecular flexibility index (Phi) is 8.41. The first kappa shape index (κ1) is 27.4. The van der Waals surface area contributed by atoms with Crippen LogP contribution in [0.15, 0.2) is 18.2 Å². The molecule has 0 aromatic heterocycles. The molecule has 3 aliphatic heterocycles. The van der Waals surface area contributed by atoms with Crippen molar-refractivity contribution in [2.45, 2.75) is 64.9 Å². The quantitative estimate of drug-likeness (QED) is 0.601. The highest BCUT2D eigenvalue weighted by Crippen LogP contribution is 2.30. The molecule has 3 heterocycles. The lowest BCUT2D eigenvalue weighted by Crippen LogP contribution is -2.49. The summed E-state index contributed by atoms with van der Waals surface area (Å²) in [4.78, 5) is 42.2. The molecule has 4 rings (SSSR count). The summed E-state index contributed by atoms with van der Waals surface area (Å²) in [6.07, 6.45) is 2.46. The molecule has 204 valence electrons. The van der Waals surface area contributed by atoms with E-state index in [-0.39, 0.29) is 30.1 Å². The fourth-order valence-corrected chi connectivity index (χ4v) is 5.71. The van der Waals surface area contributed by atoms with Crippen molar-refractivity contribution in [3.05, 3.63) is 29.6 Å². The predicted molar refractivity (Wildman–Crippen MR) is 140 cm³/mol. The number of halogens is 1. The van der Waals surface area contributed by atoms with Crippen molar-refractivity contribution < 1.29 is 23.5 Å². The summed E-state index contributed by atoms with van der Waals surface area (Å²) < 4.78 is 20.5. The number of carbonyl (C=O) groups excluding carboxylic acids is 3. The highest BCUT2D eigenvalue weighted by atomic mass is 19.1. The third kappa shape index (κ3) is 7.00. The van der Waals surface area contributed by atoms with Crippen molar-refractivity contribution in [3.8, 4) is 0 Å². The fourth-order valence-electron chi connectivity index (χ4n) is 5.71. The summed E-state index contributed by atoms with van der Waals surface area (Å²) >= 11 is 0. The van der Waals surface area contributed by atoms with Crippen LogP contribution in [0.1, 0.15) is 64.9 Å². The Morgan fingerprint density at radius 2 is 1.76 bits per heavy atom. The minimum Gasteiger partial charge on any atom is -0.444 e. The minimum atomic E-state index is -0.476. The number of anilines is 1. The van der Waals surface area contributed by atoms with Crippen LogP contribution in [0.25, 0.3) is 0 Å². The van der Waals surface area contributed by atoms with E-state index in [1.807, 2.05) is 31.7 Å². The van der Waals surface area contributed by atoms with Crippen LogP contribution in [0.3, 0.4) is 0 Å². The number of imide groups is 1. The van der Waals surface area contributed by atoms with Crippen LogP contribution >= 0.6 is 0 Å². The molecular formula is C28H41FN4O4. The van der Waals surface area contributed by atoms with Gasteiger partial charge in [0, 0.05) is 52.2 Å². The van der Waals surface area contributed by atoms with Crippen LogP contribution in [-0.4, -0.2) is 79.1 Å². The zero-order valence-corrected chi connectivity index (χ0v) is 22.6. The molecule has 1 unspecified atom stereocenters. The Balaban J connectivity index is 1.23. The normalized spacial score (nSPS) is 23.1. The second kappa shape index (κ2) is 11.4. The molecule has 0 radical (unpaired) electrons.